The van der Waals surface area contributed by atoms with Gasteiger partial charge in [-0.2, -0.15) is 0 Å². The molecule has 3 heteroatoms. The number of allylic oxidation sites excluding steroid dienone is 1. The maximum Gasteiger partial charge on any atom is 0.0657 e. The van der Waals surface area contributed by atoms with Crippen LogP contribution in [0.2, 0.25) is 0 Å². The standard InChI is InChI=1S/C28H48O3/c1-19(10-12-25(2,30)16-17-29)22-8-9-23-21-7-6-20-18-26(3,31)14-15-27(20,4)24(21)11-13-28(22,23)5/h6,19,21-24,29-31H,7-18H2,1-5H3/t19-,21+,22-,23+,24+,25+,26+,27+,28-/m1/s1. The molecular formula is C28H48O3. The van der Waals surface area contributed by atoms with Crippen molar-refractivity contribution in [2.45, 2.75) is 116 Å². The summed E-state index contributed by atoms with van der Waals surface area (Å²) >= 11 is 0. The monoisotopic (exact) mass is 432 g/mol. The quantitative estimate of drug-likeness (QED) is 0.460. The highest BCUT2D eigenvalue weighted by atomic mass is 16.3. The lowest BCUT2D eigenvalue weighted by Gasteiger charge is -2.59. The maximum absolute atomic E-state index is 10.7. The largest absolute Gasteiger partial charge is 0.396 e. The molecule has 3 N–H and O–H groups in total. The van der Waals surface area contributed by atoms with Gasteiger partial charge in [-0.3, -0.25) is 0 Å². The summed E-state index contributed by atoms with van der Waals surface area (Å²) in [5.74, 6) is 3.82. The molecule has 9 atom stereocenters. The van der Waals surface area contributed by atoms with E-state index in [-0.39, 0.29) is 6.61 Å². The van der Waals surface area contributed by atoms with E-state index in [0.29, 0.717) is 23.2 Å². The van der Waals surface area contributed by atoms with Gasteiger partial charge < -0.3 is 15.3 Å². The molecule has 4 aliphatic carbocycles. The number of hydrogen-bond donors (Lipinski definition) is 3. The van der Waals surface area contributed by atoms with E-state index in [1.165, 1.54) is 32.1 Å². The van der Waals surface area contributed by atoms with E-state index in [2.05, 4.69) is 26.8 Å². The third-order valence-electron chi connectivity index (χ3n) is 10.9. The normalized spacial score (nSPS) is 47.5. The van der Waals surface area contributed by atoms with Crippen molar-refractivity contribution in [1.29, 1.82) is 0 Å². The third kappa shape index (κ3) is 4.17. The topological polar surface area (TPSA) is 60.7 Å². The van der Waals surface area contributed by atoms with E-state index in [1.807, 2.05) is 13.8 Å². The SMILES string of the molecule is C[C@H](CC[C@](C)(O)CCO)[C@H]1CC[C@H]2[C@@H]3CC=C4C[C@@](C)(O)CC[C@]4(C)[C@H]3CC[C@]12C. The number of aliphatic hydroxyl groups excluding tert-OH is 1. The van der Waals surface area contributed by atoms with Gasteiger partial charge in [0, 0.05) is 6.61 Å². The van der Waals surface area contributed by atoms with Crippen LogP contribution in [-0.2, 0) is 0 Å². The Balaban J connectivity index is 1.48. The van der Waals surface area contributed by atoms with Crippen molar-refractivity contribution >= 4 is 0 Å². The first kappa shape index (κ1) is 23.8. The fourth-order valence-electron chi connectivity index (χ4n) is 8.89. The highest BCUT2D eigenvalue weighted by molar-refractivity contribution is 5.26. The average molecular weight is 433 g/mol. The first-order valence-corrected chi connectivity index (χ1v) is 13.2. The van der Waals surface area contributed by atoms with Crippen LogP contribution < -0.4 is 0 Å². The van der Waals surface area contributed by atoms with Crippen molar-refractivity contribution in [2.24, 2.45) is 40.4 Å². The molecular weight excluding hydrogens is 384 g/mol. The van der Waals surface area contributed by atoms with Crippen molar-refractivity contribution in [1.82, 2.24) is 0 Å². The second-order valence-electron chi connectivity index (χ2n) is 13.1. The average Bonchev–Trinajstić information content (AvgIpc) is 3.04. The summed E-state index contributed by atoms with van der Waals surface area (Å²) in [6.45, 7) is 11.5. The van der Waals surface area contributed by atoms with Gasteiger partial charge in [-0.05, 0) is 125 Å². The zero-order valence-corrected chi connectivity index (χ0v) is 20.8. The molecule has 3 fully saturated rings. The molecule has 178 valence electrons. The molecule has 0 saturated heterocycles. The summed E-state index contributed by atoms with van der Waals surface area (Å²) in [4.78, 5) is 0. The molecule has 0 aliphatic heterocycles. The molecule has 0 amide bonds. The van der Waals surface area contributed by atoms with Crippen LogP contribution in [0.3, 0.4) is 0 Å². The summed E-state index contributed by atoms with van der Waals surface area (Å²) in [5.41, 5.74) is 1.06. The van der Waals surface area contributed by atoms with Gasteiger partial charge in [0.25, 0.3) is 0 Å². The lowest BCUT2D eigenvalue weighted by Crippen LogP contribution is -2.52. The first-order valence-electron chi connectivity index (χ1n) is 13.2. The second kappa shape index (κ2) is 8.13. The van der Waals surface area contributed by atoms with Crippen LogP contribution in [0.25, 0.3) is 0 Å². The minimum Gasteiger partial charge on any atom is -0.396 e. The van der Waals surface area contributed by atoms with Crippen LogP contribution in [0.15, 0.2) is 11.6 Å². The zero-order valence-electron chi connectivity index (χ0n) is 20.8. The Kier molecular flexibility index (Phi) is 6.24. The van der Waals surface area contributed by atoms with Crippen LogP contribution in [-0.4, -0.2) is 33.1 Å². The van der Waals surface area contributed by atoms with Crippen LogP contribution in [0, 0.1) is 40.4 Å². The molecule has 3 saturated carbocycles. The van der Waals surface area contributed by atoms with Crippen molar-refractivity contribution in [3.05, 3.63) is 11.6 Å². The van der Waals surface area contributed by atoms with Crippen LogP contribution in [0.1, 0.15) is 105 Å². The van der Waals surface area contributed by atoms with Crippen molar-refractivity contribution in [3.63, 3.8) is 0 Å². The van der Waals surface area contributed by atoms with E-state index in [0.717, 1.165) is 55.8 Å². The van der Waals surface area contributed by atoms with Gasteiger partial charge in [-0.1, -0.05) is 32.4 Å². The van der Waals surface area contributed by atoms with Gasteiger partial charge in [0.1, 0.15) is 0 Å². The molecule has 4 rings (SSSR count). The summed E-state index contributed by atoms with van der Waals surface area (Å²) in [7, 11) is 0. The first-order chi connectivity index (χ1) is 14.4. The summed E-state index contributed by atoms with van der Waals surface area (Å²) in [6.07, 6.45) is 14.5. The molecule has 0 unspecified atom stereocenters. The molecule has 0 aromatic carbocycles. The van der Waals surface area contributed by atoms with Crippen molar-refractivity contribution in [2.75, 3.05) is 6.61 Å². The second-order valence-corrected chi connectivity index (χ2v) is 13.1. The summed E-state index contributed by atoms with van der Waals surface area (Å²) in [6, 6.07) is 0. The lowest BCUT2D eigenvalue weighted by atomic mass is 9.46. The fourth-order valence-corrected chi connectivity index (χ4v) is 8.89. The number of hydrogen-bond acceptors (Lipinski definition) is 3. The molecule has 31 heavy (non-hydrogen) atoms. The Morgan fingerprint density at radius 2 is 1.81 bits per heavy atom. The molecule has 0 bridgehead atoms. The zero-order chi connectivity index (χ0) is 22.7. The Morgan fingerprint density at radius 1 is 1.06 bits per heavy atom. The van der Waals surface area contributed by atoms with E-state index in [1.54, 1.807) is 5.57 Å². The van der Waals surface area contributed by atoms with E-state index in [4.69, 9.17) is 0 Å². The number of fused-ring (bicyclic) bond motifs is 5. The Morgan fingerprint density at radius 3 is 2.52 bits per heavy atom. The molecule has 3 nitrogen and oxygen atoms in total. The highest BCUT2D eigenvalue weighted by Crippen LogP contribution is 2.67. The Labute approximate surface area is 190 Å². The molecule has 0 heterocycles. The van der Waals surface area contributed by atoms with Gasteiger partial charge in [-0.15, -0.1) is 0 Å². The molecule has 0 aromatic rings. The van der Waals surface area contributed by atoms with Gasteiger partial charge in [0.2, 0.25) is 0 Å². The van der Waals surface area contributed by atoms with Crippen LogP contribution in [0.5, 0.6) is 0 Å². The minimum absolute atomic E-state index is 0.0668. The number of aliphatic hydroxyl groups is 3. The van der Waals surface area contributed by atoms with Crippen molar-refractivity contribution in [3.8, 4) is 0 Å². The van der Waals surface area contributed by atoms with Crippen molar-refractivity contribution < 1.29 is 15.3 Å². The smallest absolute Gasteiger partial charge is 0.0657 e. The van der Waals surface area contributed by atoms with E-state index in [9.17, 15) is 15.3 Å². The molecule has 4 aliphatic rings. The lowest BCUT2D eigenvalue weighted by molar-refractivity contribution is -0.0716. The molecule has 0 radical (unpaired) electrons. The summed E-state index contributed by atoms with van der Waals surface area (Å²) in [5, 5.41) is 30.5. The fraction of sp³-hybridized carbons (Fsp3) is 0.929. The Bertz CT molecular complexity index is 694. The summed E-state index contributed by atoms with van der Waals surface area (Å²) < 4.78 is 0. The predicted molar refractivity (Wildman–Crippen MR) is 127 cm³/mol. The molecule has 0 spiro atoms. The van der Waals surface area contributed by atoms with Gasteiger partial charge >= 0.3 is 0 Å². The van der Waals surface area contributed by atoms with E-state index >= 15 is 0 Å². The van der Waals surface area contributed by atoms with Gasteiger partial charge in [-0.25, -0.2) is 0 Å². The number of rotatable bonds is 6. The molecule has 0 aromatic heterocycles. The van der Waals surface area contributed by atoms with E-state index < -0.39 is 11.2 Å². The predicted octanol–water partition coefficient (Wildman–Crippen LogP) is 5.87. The third-order valence-corrected chi connectivity index (χ3v) is 10.9. The maximum atomic E-state index is 10.7. The van der Waals surface area contributed by atoms with Crippen LogP contribution >= 0.6 is 0 Å². The highest BCUT2D eigenvalue weighted by Gasteiger charge is 2.59. The minimum atomic E-state index is -0.735. The van der Waals surface area contributed by atoms with Crippen LogP contribution in [0.4, 0.5) is 0 Å². The Hall–Kier alpha value is -0.380. The van der Waals surface area contributed by atoms with Gasteiger partial charge in [0.15, 0.2) is 0 Å². The van der Waals surface area contributed by atoms with Gasteiger partial charge in [0.05, 0.1) is 11.2 Å².